The van der Waals surface area contributed by atoms with Crippen molar-refractivity contribution in [2.75, 3.05) is 6.61 Å². The maximum Gasteiger partial charge on any atom is 0.0626 e. The van der Waals surface area contributed by atoms with Gasteiger partial charge < -0.3 is 5.11 Å². The molecule has 0 heterocycles. The number of aliphatic hydroxyl groups excluding tert-OH is 1. The summed E-state index contributed by atoms with van der Waals surface area (Å²) in [5.74, 6) is 0. The molecule has 1 N–H and O–H groups in total. The molecule has 1 nitrogen and oxygen atoms in total. The third kappa shape index (κ3) is 13.4. The van der Waals surface area contributed by atoms with Crippen LogP contribution in [0.25, 0.3) is 0 Å². The molecule has 3 heteroatoms. The highest BCUT2D eigenvalue weighted by Gasteiger charge is 1.96. The van der Waals surface area contributed by atoms with E-state index in [1.165, 1.54) is 44.9 Å². The Balaban J connectivity index is 2.84. The lowest BCUT2D eigenvalue weighted by atomic mass is 10.1. The Morgan fingerprint density at radius 2 is 1.23 bits per heavy atom. The smallest absolute Gasteiger partial charge is 0.0626 e. The molecule has 0 saturated heterocycles. The monoisotopic (exact) mass is 410 g/mol. The number of hydrogen-bond donors (Lipinski definition) is 1. The standard InChI is InChI=1S/C10H20I2O/c11-10(12)8-6-4-2-1-3-5-7-9-13/h10,13H,1-9H2. The lowest BCUT2D eigenvalue weighted by Gasteiger charge is -2.02. The van der Waals surface area contributed by atoms with Crippen LogP contribution in [0.3, 0.4) is 0 Å². The Labute approximate surface area is 109 Å². The summed E-state index contributed by atoms with van der Waals surface area (Å²) in [5.41, 5.74) is 0. The van der Waals surface area contributed by atoms with Gasteiger partial charge in [0.1, 0.15) is 0 Å². The quantitative estimate of drug-likeness (QED) is 0.342. The van der Waals surface area contributed by atoms with Crippen LogP contribution in [0.4, 0.5) is 0 Å². The second kappa shape index (κ2) is 11.5. The van der Waals surface area contributed by atoms with Crippen molar-refractivity contribution in [3.63, 3.8) is 0 Å². The molecule has 0 unspecified atom stereocenters. The molecule has 0 spiro atoms. The third-order valence-electron chi connectivity index (χ3n) is 2.08. The van der Waals surface area contributed by atoms with Crippen LogP contribution in [0.2, 0.25) is 0 Å². The summed E-state index contributed by atoms with van der Waals surface area (Å²) in [6.07, 6.45) is 10.4. The van der Waals surface area contributed by atoms with Crippen LogP contribution in [0.1, 0.15) is 51.4 Å². The van der Waals surface area contributed by atoms with Gasteiger partial charge in [-0.2, -0.15) is 0 Å². The molecule has 0 aromatic heterocycles. The van der Waals surface area contributed by atoms with Crippen molar-refractivity contribution in [1.29, 1.82) is 0 Å². The summed E-state index contributed by atoms with van der Waals surface area (Å²) in [6.45, 7) is 0.366. The minimum Gasteiger partial charge on any atom is -0.396 e. The van der Waals surface area contributed by atoms with E-state index in [4.69, 9.17) is 5.11 Å². The van der Waals surface area contributed by atoms with Crippen LogP contribution in [0, 0.1) is 0 Å². The highest BCUT2D eigenvalue weighted by molar-refractivity contribution is 14.2. The fraction of sp³-hybridized carbons (Fsp3) is 1.00. The van der Waals surface area contributed by atoms with Gasteiger partial charge in [-0.05, 0) is 12.8 Å². The van der Waals surface area contributed by atoms with Crippen LogP contribution in [0.15, 0.2) is 0 Å². The van der Waals surface area contributed by atoms with Crippen molar-refractivity contribution in [2.45, 2.75) is 53.3 Å². The molecule has 0 rings (SSSR count). The molecular formula is C10H20I2O. The van der Waals surface area contributed by atoms with Gasteiger partial charge in [-0.25, -0.2) is 0 Å². The maximum atomic E-state index is 8.57. The zero-order valence-corrected chi connectivity index (χ0v) is 12.5. The molecule has 0 amide bonds. The summed E-state index contributed by atoms with van der Waals surface area (Å²) >= 11 is 4.96. The number of aliphatic hydroxyl groups is 1. The maximum absolute atomic E-state index is 8.57. The summed E-state index contributed by atoms with van der Waals surface area (Å²) in [4.78, 5) is 0. The van der Waals surface area contributed by atoms with Crippen molar-refractivity contribution < 1.29 is 5.11 Å². The van der Waals surface area contributed by atoms with Crippen LogP contribution in [0.5, 0.6) is 0 Å². The van der Waals surface area contributed by atoms with E-state index in [1.807, 2.05) is 0 Å². The Kier molecular flexibility index (Phi) is 12.8. The molecule has 0 bridgehead atoms. The summed E-state index contributed by atoms with van der Waals surface area (Å²) < 4.78 is 0.810. The average molecular weight is 410 g/mol. The second-order valence-corrected chi connectivity index (χ2v) is 8.77. The van der Waals surface area contributed by atoms with Gasteiger partial charge in [0.25, 0.3) is 0 Å². The predicted octanol–water partition coefficient (Wildman–Crippen LogP) is 4.30. The van der Waals surface area contributed by atoms with Crippen molar-refractivity contribution in [3.05, 3.63) is 0 Å². The van der Waals surface area contributed by atoms with Crippen LogP contribution in [-0.4, -0.2) is 13.6 Å². The summed E-state index contributed by atoms with van der Waals surface area (Å²) in [5, 5.41) is 8.57. The van der Waals surface area contributed by atoms with Crippen molar-refractivity contribution in [3.8, 4) is 0 Å². The van der Waals surface area contributed by atoms with Gasteiger partial charge in [0.2, 0.25) is 0 Å². The van der Waals surface area contributed by atoms with E-state index in [0.29, 0.717) is 6.61 Å². The van der Waals surface area contributed by atoms with E-state index < -0.39 is 0 Å². The minimum absolute atomic E-state index is 0.366. The van der Waals surface area contributed by atoms with Gasteiger partial charge in [0, 0.05) is 6.61 Å². The fourth-order valence-corrected chi connectivity index (χ4v) is 2.18. The topological polar surface area (TPSA) is 20.2 Å². The average Bonchev–Trinajstić information content (AvgIpc) is 2.09. The number of unbranched alkanes of at least 4 members (excludes halogenated alkanes) is 6. The van der Waals surface area contributed by atoms with E-state index in [2.05, 4.69) is 45.2 Å². The molecule has 0 aromatic rings. The molecule has 0 atom stereocenters. The van der Waals surface area contributed by atoms with Crippen molar-refractivity contribution >= 4 is 45.2 Å². The Morgan fingerprint density at radius 1 is 0.769 bits per heavy atom. The molecule has 0 radical (unpaired) electrons. The van der Waals surface area contributed by atoms with E-state index in [0.717, 1.165) is 8.35 Å². The molecule has 0 aromatic carbocycles. The lowest BCUT2D eigenvalue weighted by molar-refractivity contribution is 0.282. The largest absolute Gasteiger partial charge is 0.396 e. The van der Waals surface area contributed by atoms with Crippen molar-refractivity contribution in [2.24, 2.45) is 0 Å². The molecule has 13 heavy (non-hydrogen) atoms. The molecular weight excluding hydrogens is 390 g/mol. The zero-order chi connectivity index (χ0) is 9.94. The van der Waals surface area contributed by atoms with Gasteiger partial charge in [0.05, 0.1) is 1.93 Å². The molecule has 0 saturated carbocycles. The fourth-order valence-electron chi connectivity index (χ4n) is 1.29. The first-order valence-corrected chi connectivity index (χ1v) is 7.65. The highest BCUT2D eigenvalue weighted by Crippen LogP contribution is 2.18. The van der Waals surface area contributed by atoms with Crippen molar-refractivity contribution in [1.82, 2.24) is 0 Å². The van der Waals surface area contributed by atoms with Crippen LogP contribution < -0.4 is 0 Å². The summed E-state index contributed by atoms with van der Waals surface area (Å²) in [6, 6.07) is 0. The van der Waals surface area contributed by atoms with Gasteiger partial charge in [-0.3, -0.25) is 0 Å². The molecule has 0 aliphatic rings. The zero-order valence-electron chi connectivity index (χ0n) is 8.14. The van der Waals surface area contributed by atoms with E-state index >= 15 is 0 Å². The molecule has 80 valence electrons. The van der Waals surface area contributed by atoms with Gasteiger partial charge in [0.15, 0.2) is 0 Å². The second-order valence-electron chi connectivity index (χ2n) is 3.38. The molecule has 0 aliphatic carbocycles. The van der Waals surface area contributed by atoms with Crippen LogP contribution in [-0.2, 0) is 0 Å². The Bertz CT molecular complexity index is 96.9. The highest BCUT2D eigenvalue weighted by atomic mass is 127. The van der Waals surface area contributed by atoms with Gasteiger partial charge >= 0.3 is 0 Å². The first-order valence-electron chi connectivity index (χ1n) is 5.16. The Morgan fingerprint density at radius 3 is 1.69 bits per heavy atom. The predicted molar refractivity (Wildman–Crippen MR) is 75.8 cm³/mol. The first-order chi connectivity index (χ1) is 6.27. The number of rotatable bonds is 9. The number of alkyl halides is 2. The van der Waals surface area contributed by atoms with E-state index in [1.54, 1.807) is 0 Å². The Hall–Kier alpha value is 1.42. The SMILES string of the molecule is OCCCCCCCCCC(I)I. The molecule has 0 aliphatic heterocycles. The molecule has 0 fully saturated rings. The minimum atomic E-state index is 0.366. The number of halogens is 2. The van der Waals surface area contributed by atoms with Crippen LogP contribution >= 0.6 is 45.2 Å². The van der Waals surface area contributed by atoms with Gasteiger partial charge in [-0.15, -0.1) is 0 Å². The van der Waals surface area contributed by atoms with Gasteiger partial charge in [-0.1, -0.05) is 83.7 Å². The first kappa shape index (κ1) is 14.4. The van der Waals surface area contributed by atoms with E-state index in [9.17, 15) is 0 Å². The lowest BCUT2D eigenvalue weighted by Crippen LogP contribution is -1.86. The summed E-state index contributed by atoms with van der Waals surface area (Å²) in [7, 11) is 0. The normalized spacial score (nSPS) is 11.1. The number of hydrogen-bond acceptors (Lipinski definition) is 1. The third-order valence-corrected chi connectivity index (χ3v) is 3.33. The van der Waals surface area contributed by atoms with E-state index in [-0.39, 0.29) is 0 Å².